The highest BCUT2D eigenvalue weighted by Crippen LogP contribution is 2.39. The van der Waals surface area contributed by atoms with Crippen LogP contribution in [0.4, 0.5) is 18.9 Å². The standard InChI is InChI=1S/C17H20F3N3O/c1-12-10-23(11-16(12)22-4-6-24-7-5-22)15-8-13(9-21)2-3-14(15)17(18,19)20/h2-3,8,12,16H,4-7,10-11H2,1H3. The van der Waals surface area contributed by atoms with Gasteiger partial charge in [0, 0.05) is 32.2 Å². The summed E-state index contributed by atoms with van der Waals surface area (Å²) in [7, 11) is 0. The van der Waals surface area contributed by atoms with Crippen LogP contribution in [0.5, 0.6) is 0 Å². The fourth-order valence-electron chi connectivity index (χ4n) is 3.63. The van der Waals surface area contributed by atoms with Crippen molar-refractivity contribution in [3.8, 4) is 6.07 Å². The summed E-state index contributed by atoms with van der Waals surface area (Å²) in [4.78, 5) is 4.07. The van der Waals surface area contributed by atoms with Gasteiger partial charge in [0.05, 0.1) is 36.1 Å². The quantitative estimate of drug-likeness (QED) is 0.831. The van der Waals surface area contributed by atoms with Gasteiger partial charge in [-0.2, -0.15) is 18.4 Å². The molecule has 0 aromatic heterocycles. The van der Waals surface area contributed by atoms with Gasteiger partial charge in [-0.3, -0.25) is 4.90 Å². The van der Waals surface area contributed by atoms with Crippen LogP contribution in [0.2, 0.25) is 0 Å². The lowest BCUT2D eigenvalue weighted by Crippen LogP contribution is -2.46. The summed E-state index contributed by atoms with van der Waals surface area (Å²) in [6.07, 6.45) is -4.43. The van der Waals surface area contributed by atoms with Gasteiger partial charge in [0.1, 0.15) is 0 Å². The van der Waals surface area contributed by atoms with Crippen molar-refractivity contribution in [3.05, 3.63) is 29.3 Å². The summed E-state index contributed by atoms with van der Waals surface area (Å²) in [6.45, 7) is 6.13. The largest absolute Gasteiger partial charge is 0.418 e. The maximum absolute atomic E-state index is 13.3. The van der Waals surface area contributed by atoms with Crippen LogP contribution in [0.25, 0.3) is 0 Å². The summed E-state index contributed by atoms with van der Waals surface area (Å²) in [5, 5.41) is 9.03. The summed E-state index contributed by atoms with van der Waals surface area (Å²) < 4.78 is 45.4. The molecule has 0 N–H and O–H groups in total. The minimum atomic E-state index is -4.43. The van der Waals surface area contributed by atoms with E-state index in [0.717, 1.165) is 19.2 Å². The molecular formula is C17H20F3N3O. The molecule has 0 radical (unpaired) electrons. The Morgan fingerprint density at radius 2 is 1.92 bits per heavy atom. The van der Waals surface area contributed by atoms with Gasteiger partial charge < -0.3 is 9.64 Å². The highest BCUT2D eigenvalue weighted by atomic mass is 19.4. The van der Waals surface area contributed by atoms with Gasteiger partial charge >= 0.3 is 6.18 Å². The molecule has 2 fully saturated rings. The lowest BCUT2D eigenvalue weighted by atomic mass is 10.0. The Morgan fingerprint density at radius 3 is 2.54 bits per heavy atom. The minimum Gasteiger partial charge on any atom is -0.379 e. The Morgan fingerprint density at radius 1 is 1.21 bits per heavy atom. The number of rotatable bonds is 2. The van der Waals surface area contributed by atoms with Gasteiger partial charge in [-0.1, -0.05) is 6.92 Å². The van der Waals surface area contributed by atoms with Crippen LogP contribution < -0.4 is 4.90 Å². The maximum Gasteiger partial charge on any atom is 0.418 e. The van der Waals surface area contributed by atoms with Crippen molar-refractivity contribution >= 4 is 5.69 Å². The van der Waals surface area contributed by atoms with E-state index in [-0.39, 0.29) is 23.2 Å². The number of alkyl halides is 3. The van der Waals surface area contributed by atoms with Crippen LogP contribution in [0.1, 0.15) is 18.1 Å². The van der Waals surface area contributed by atoms with E-state index in [1.165, 1.54) is 12.1 Å². The van der Waals surface area contributed by atoms with Gasteiger partial charge in [-0.15, -0.1) is 0 Å². The van der Waals surface area contributed by atoms with E-state index in [4.69, 9.17) is 10.00 Å². The average molecular weight is 339 g/mol. The third-order valence-corrected chi connectivity index (χ3v) is 4.86. The molecule has 0 bridgehead atoms. The van der Waals surface area contributed by atoms with Crippen molar-refractivity contribution in [3.63, 3.8) is 0 Å². The number of morpholine rings is 1. The minimum absolute atomic E-state index is 0.115. The molecule has 2 atom stereocenters. The third kappa shape index (κ3) is 3.35. The molecule has 24 heavy (non-hydrogen) atoms. The zero-order chi connectivity index (χ0) is 17.3. The van der Waals surface area contributed by atoms with E-state index in [1.54, 1.807) is 4.90 Å². The van der Waals surface area contributed by atoms with Crippen molar-refractivity contribution in [1.29, 1.82) is 5.26 Å². The second-order valence-electron chi connectivity index (χ2n) is 6.44. The topological polar surface area (TPSA) is 39.5 Å². The van der Waals surface area contributed by atoms with Crippen molar-refractivity contribution in [2.45, 2.75) is 19.1 Å². The second-order valence-corrected chi connectivity index (χ2v) is 6.44. The van der Waals surface area contributed by atoms with Crippen LogP contribution in [0.15, 0.2) is 18.2 Å². The van der Waals surface area contributed by atoms with E-state index in [9.17, 15) is 13.2 Å². The zero-order valence-electron chi connectivity index (χ0n) is 13.5. The van der Waals surface area contributed by atoms with Gasteiger partial charge in [0.2, 0.25) is 0 Å². The van der Waals surface area contributed by atoms with E-state index in [1.807, 2.05) is 6.07 Å². The maximum atomic E-state index is 13.3. The summed E-state index contributed by atoms with van der Waals surface area (Å²) in [6, 6.07) is 5.74. The van der Waals surface area contributed by atoms with Crippen molar-refractivity contribution in [1.82, 2.24) is 4.90 Å². The van der Waals surface area contributed by atoms with Gasteiger partial charge in [-0.05, 0) is 24.1 Å². The molecule has 0 aliphatic carbocycles. The Balaban J connectivity index is 1.87. The van der Waals surface area contributed by atoms with E-state index in [2.05, 4.69) is 11.8 Å². The van der Waals surface area contributed by atoms with Crippen molar-refractivity contribution in [2.24, 2.45) is 5.92 Å². The first-order valence-electron chi connectivity index (χ1n) is 8.08. The van der Waals surface area contributed by atoms with E-state index >= 15 is 0 Å². The Bertz CT molecular complexity index is 635. The Labute approximate surface area is 139 Å². The van der Waals surface area contributed by atoms with Gasteiger partial charge in [0.15, 0.2) is 0 Å². The molecular weight excluding hydrogens is 319 g/mol. The SMILES string of the molecule is CC1CN(c2cc(C#N)ccc2C(F)(F)F)CC1N1CCOCC1. The number of ether oxygens (including phenoxy) is 1. The van der Waals surface area contributed by atoms with E-state index in [0.29, 0.717) is 26.3 Å². The van der Waals surface area contributed by atoms with Crippen molar-refractivity contribution < 1.29 is 17.9 Å². The second kappa shape index (κ2) is 6.61. The number of halogens is 3. The molecule has 4 nitrogen and oxygen atoms in total. The monoisotopic (exact) mass is 339 g/mol. The zero-order valence-corrected chi connectivity index (χ0v) is 13.5. The van der Waals surface area contributed by atoms with E-state index < -0.39 is 11.7 Å². The first-order valence-corrected chi connectivity index (χ1v) is 8.08. The average Bonchev–Trinajstić information content (AvgIpc) is 2.96. The first-order chi connectivity index (χ1) is 11.4. The van der Waals surface area contributed by atoms with Gasteiger partial charge in [0.25, 0.3) is 0 Å². The summed E-state index contributed by atoms with van der Waals surface area (Å²) >= 11 is 0. The number of benzene rings is 1. The molecule has 3 rings (SSSR count). The lowest BCUT2D eigenvalue weighted by Gasteiger charge is -2.34. The molecule has 2 aliphatic heterocycles. The molecule has 7 heteroatoms. The summed E-state index contributed by atoms with van der Waals surface area (Å²) in [5.41, 5.74) is -0.305. The van der Waals surface area contributed by atoms with Crippen LogP contribution >= 0.6 is 0 Å². The van der Waals surface area contributed by atoms with Crippen LogP contribution in [-0.4, -0.2) is 50.3 Å². The molecule has 1 aromatic carbocycles. The highest BCUT2D eigenvalue weighted by Gasteiger charge is 2.40. The molecule has 2 unspecified atom stereocenters. The lowest BCUT2D eigenvalue weighted by molar-refractivity contribution is -0.137. The molecule has 0 spiro atoms. The molecule has 2 saturated heterocycles. The summed E-state index contributed by atoms with van der Waals surface area (Å²) in [5.74, 6) is 0.259. The smallest absolute Gasteiger partial charge is 0.379 e. The van der Waals surface area contributed by atoms with Crippen molar-refractivity contribution in [2.75, 3.05) is 44.3 Å². The van der Waals surface area contributed by atoms with Crippen LogP contribution in [-0.2, 0) is 10.9 Å². The Kier molecular flexibility index (Phi) is 4.70. The molecule has 0 saturated carbocycles. The number of hydrogen-bond acceptors (Lipinski definition) is 4. The van der Waals surface area contributed by atoms with Crippen LogP contribution in [0, 0.1) is 17.2 Å². The number of anilines is 1. The van der Waals surface area contributed by atoms with Crippen LogP contribution in [0.3, 0.4) is 0 Å². The third-order valence-electron chi connectivity index (χ3n) is 4.86. The first kappa shape index (κ1) is 17.1. The highest BCUT2D eigenvalue weighted by molar-refractivity contribution is 5.59. The number of nitriles is 1. The van der Waals surface area contributed by atoms with Gasteiger partial charge in [-0.25, -0.2) is 0 Å². The predicted octanol–water partition coefficient (Wildman–Crippen LogP) is 2.73. The normalized spacial score (nSPS) is 25.7. The molecule has 2 heterocycles. The predicted molar refractivity (Wildman–Crippen MR) is 83.7 cm³/mol. The molecule has 2 aliphatic rings. The molecule has 130 valence electrons. The molecule has 1 aromatic rings. The fraction of sp³-hybridized carbons (Fsp3) is 0.588. The fourth-order valence-corrected chi connectivity index (χ4v) is 3.63. The number of nitrogens with zero attached hydrogens (tertiary/aromatic N) is 3. The molecule has 0 amide bonds. The number of hydrogen-bond donors (Lipinski definition) is 0. The Hall–Kier alpha value is -1.78.